The van der Waals surface area contributed by atoms with Crippen molar-refractivity contribution < 1.29 is 28.3 Å². The second kappa shape index (κ2) is 13.5. The molecule has 0 spiro atoms. The number of nitrogens with one attached hydrogen (secondary N) is 2. The minimum Gasteiger partial charge on any atom is -0.445 e. The number of ether oxygens (including phenoxy) is 1. The molecule has 3 amide bonds. The van der Waals surface area contributed by atoms with Crippen LogP contribution in [0.2, 0.25) is 0 Å². The number of fused-ring (bicyclic) bond motifs is 1. The highest BCUT2D eigenvalue weighted by Crippen LogP contribution is 2.20. The second-order valence-electron chi connectivity index (χ2n) is 9.36. The Morgan fingerprint density at radius 1 is 1.08 bits per heavy atom. The third-order valence-corrected chi connectivity index (χ3v) is 6.54. The summed E-state index contributed by atoms with van der Waals surface area (Å²) in [5.74, 6) is -1.38. The van der Waals surface area contributed by atoms with Gasteiger partial charge in [-0.25, -0.2) is 9.78 Å². The minimum atomic E-state index is -0.866. The van der Waals surface area contributed by atoms with Crippen LogP contribution in [0.15, 0.2) is 59.0 Å². The van der Waals surface area contributed by atoms with E-state index in [0.717, 1.165) is 5.56 Å². The zero-order chi connectivity index (χ0) is 27.6. The number of alkyl carbamates (subject to hydrolysis) is 1. The number of hydrogen-bond donors (Lipinski definition) is 3. The molecular weight excluding hydrogens is 502 g/mol. The Hall–Kier alpha value is -4.25. The van der Waals surface area contributed by atoms with Gasteiger partial charge in [-0.05, 0) is 56.3 Å². The summed E-state index contributed by atoms with van der Waals surface area (Å²) in [7, 11) is 0. The largest absolute Gasteiger partial charge is 0.445 e. The van der Waals surface area contributed by atoms with Crippen LogP contribution in [0.25, 0.3) is 11.1 Å². The van der Waals surface area contributed by atoms with Gasteiger partial charge in [0.15, 0.2) is 5.58 Å². The molecule has 206 valence electrons. The van der Waals surface area contributed by atoms with Gasteiger partial charge in [0.1, 0.15) is 24.2 Å². The van der Waals surface area contributed by atoms with Crippen molar-refractivity contribution in [3.63, 3.8) is 0 Å². The molecule has 39 heavy (non-hydrogen) atoms. The van der Waals surface area contributed by atoms with Gasteiger partial charge in [0.05, 0.1) is 6.54 Å². The van der Waals surface area contributed by atoms with Crippen LogP contribution in [-0.2, 0) is 20.9 Å². The van der Waals surface area contributed by atoms with Gasteiger partial charge < -0.3 is 30.4 Å². The van der Waals surface area contributed by atoms with Gasteiger partial charge in [0.25, 0.3) is 5.89 Å². The number of carbonyl (C=O) groups excluding carboxylic acids is 4. The normalized spacial score (nSPS) is 15.6. The average Bonchev–Trinajstić information content (AvgIpc) is 3.62. The Kier molecular flexibility index (Phi) is 9.63. The number of rotatable bonds is 12. The molecule has 4 rings (SSSR count). The molecule has 2 aromatic carbocycles. The van der Waals surface area contributed by atoms with Crippen LogP contribution < -0.4 is 16.4 Å². The van der Waals surface area contributed by atoms with Crippen molar-refractivity contribution in [3.8, 4) is 0 Å². The molecule has 2 atom stereocenters. The number of hydrogen-bond acceptors (Lipinski definition) is 8. The van der Waals surface area contributed by atoms with Crippen LogP contribution in [-0.4, -0.2) is 65.3 Å². The van der Waals surface area contributed by atoms with Crippen molar-refractivity contribution >= 4 is 34.8 Å². The number of nitrogens with zero attached hydrogens (tertiary/aromatic N) is 2. The Bertz CT molecular complexity index is 1260. The van der Waals surface area contributed by atoms with Crippen molar-refractivity contribution in [3.05, 3.63) is 66.1 Å². The lowest BCUT2D eigenvalue weighted by Gasteiger charge is -2.28. The maximum atomic E-state index is 13.5. The maximum absolute atomic E-state index is 13.5. The molecule has 1 saturated heterocycles. The molecule has 1 aliphatic rings. The zero-order valence-electron chi connectivity index (χ0n) is 21.6. The third-order valence-electron chi connectivity index (χ3n) is 6.54. The highest BCUT2D eigenvalue weighted by molar-refractivity contribution is 5.99. The van der Waals surface area contributed by atoms with E-state index in [9.17, 15) is 19.2 Å². The van der Waals surface area contributed by atoms with Crippen molar-refractivity contribution in [1.29, 1.82) is 0 Å². The molecule has 1 aliphatic heterocycles. The Balaban J connectivity index is 1.34. The van der Waals surface area contributed by atoms with E-state index in [0.29, 0.717) is 56.3 Å². The summed E-state index contributed by atoms with van der Waals surface area (Å²) in [4.78, 5) is 57.2. The number of oxazole rings is 1. The van der Waals surface area contributed by atoms with Gasteiger partial charge in [-0.3, -0.25) is 14.4 Å². The minimum absolute atomic E-state index is 0.0687. The summed E-state index contributed by atoms with van der Waals surface area (Å²) in [6.07, 6.45) is 2.02. The summed E-state index contributed by atoms with van der Waals surface area (Å²) < 4.78 is 10.8. The Labute approximate surface area is 226 Å². The lowest BCUT2D eigenvalue weighted by Crippen LogP contribution is -2.54. The molecule has 0 radical (unpaired) electrons. The van der Waals surface area contributed by atoms with Crippen molar-refractivity contribution in [1.82, 2.24) is 20.5 Å². The van der Waals surface area contributed by atoms with Crippen LogP contribution in [0.1, 0.15) is 48.4 Å². The van der Waals surface area contributed by atoms with E-state index in [-0.39, 0.29) is 24.9 Å². The Morgan fingerprint density at radius 3 is 2.62 bits per heavy atom. The van der Waals surface area contributed by atoms with Gasteiger partial charge in [0.2, 0.25) is 17.6 Å². The number of ketones is 1. The van der Waals surface area contributed by atoms with Crippen molar-refractivity contribution in [2.75, 3.05) is 19.6 Å². The summed E-state index contributed by atoms with van der Waals surface area (Å²) in [5, 5.41) is 5.28. The fourth-order valence-electron chi connectivity index (χ4n) is 4.51. The van der Waals surface area contributed by atoms with Crippen LogP contribution in [0.4, 0.5) is 4.79 Å². The van der Waals surface area contributed by atoms with Crippen molar-refractivity contribution in [2.45, 2.75) is 50.8 Å². The first-order valence-electron chi connectivity index (χ1n) is 13.1. The number of para-hydroxylation sites is 2. The monoisotopic (exact) mass is 535 g/mol. The van der Waals surface area contributed by atoms with E-state index < -0.39 is 29.9 Å². The summed E-state index contributed by atoms with van der Waals surface area (Å²) >= 11 is 0. The predicted molar refractivity (Wildman–Crippen MR) is 143 cm³/mol. The van der Waals surface area contributed by atoms with E-state index in [1.807, 2.05) is 30.3 Å². The number of unbranched alkanes of at least 4 members (excludes halogenated alkanes) is 1. The number of Topliss-reactive ketones (excluding diaryl/α,β-unsaturated/α-hetero) is 1. The Morgan fingerprint density at radius 2 is 1.85 bits per heavy atom. The van der Waals surface area contributed by atoms with Crippen LogP contribution in [0.3, 0.4) is 0 Å². The van der Waals surface area contributed by atoms with Gasteiger partial charge in [-0.15, -0.1) is 0 Å². The van der Waals surface area contributed by atoms with Crippen molar-refractivity contribution in [2.24, 2.45) is 5.73 Å². The number of nitrogens with two attached hydrogens (primary N) is 1. The quantitative estimate of drug-likeness (QED) is 0.236. The zero-order valence-corrected chi connectivity index (χ0v) is 21.6. The molecule has 3 aromatic rings. The molecule has 0 bridgehead atoms. The first-order valence-corrected chi connectivity index (χ1v) is 13.1. The lowest BCUT2D eigenvalue weighted by molar-refractivity contribution is -0.140. The van der Waals surface area contributed by atoms with Gasteiger partial charge in [-0.2, -0.15) is 0 Å². The lowest BCUT2D eigenvalue weighted by atomic mass is 10.1. The SMILES string of the molecule is NCCCCC(NC(=O)OCc1ccccc1)C(=O)N1CCCC1C(=O)NCC(=O)c1nc2ccccc2o1. The molecular formula is C28H33N5O6. The highest BCUT2D eigenvalue weighted by Gasteiger charge is 2.37. The second-order valence-corrected chi connectivity index (χ2v) is 9.36. The highest BCUT2D eigenvalue weighted by atomic mass is 16.5. The molecule has 4 N–H and O–H groups in total. The van der Waals surface area contributed by atoms with Crippen LogP contribution in [0.5, 0.6) is 0 Å². The molecule has 11 nitrogen and oxygen atoms in total. The molecule has 2 heterocycles. The number of benzene rings is 2. The van der Waals surface area contributed by atoms with E-state index in [1.165, 1.54) is 4.90 Å². The molecule has 1 fully saturated rings. The predicted octanol–water partition coefficient (Wildman–Crippen LogP) is 2.54. The third kappa shape index (κ3) is 7.41. The van der Waals surface area contributed by atoms with Crippen LogP contribution >= 0.6 is 0 Å². The molecule has 1 aromatic heterocycles. The fraction of sp³-hybridized carbons (Fsp3) is 0.393. The molecule has 0 aliphatic carbocycles. The van der Waals surface area contributed by atoms with Crippen LogP contribution in [0, 0.1) is 0 Å². The number of amides is 3. The average molecular weight is 536 g/mol. The first-order chi connectivity index (χ1) is 19.0. The summed E-state index contributed by atoms with van der Waals surface area (Å²) in [6, 6.07) is 14.6. The summed E-state index contributed by atoms with van der Waals surface area (Å²) in [6.45, 7) is 0.583. The standard InChI is InChI=1S/C28H33N5O6/c29-15-7-6-12-21(32-28(37)38-18-19-9-2-1-3-10-19)27(36)33-16-8-13-22(33)25(35)30-17-23(34)26-31-20-11-4-5-14-24(20)39-26/h1-5,9-11,14,21-22H,6-8,12-13,15-18,29H2,(H,30,35)(H,32,37). The number of aromatic nitrogens is 1. The van der Waals surface area contributed by atoms with E-state index in [2.05, 4.69) is 15.6 Å². The first kappa shape index (κ1) is 27.8. The molecule has 0 saturated carbocycles. The maximum Gasteiger partial charge on any atom is 0.408 e. The molecule has 2 unspecified atom stereocenters. The molecule has 11 heteroatoms. The summed E-state index contributed by atoms with van der Waals surface area (Å²) in [5.41, 5.74) is 7.47. The van der Waals surface area contributed by atoms with Gasteiger partial charge in [-0.1, -0.05) is 42.5 Å². The van der Waals surface area contributed by atoms with E-state index in [1.54, 1.807) is 24.3 Å². The smallest absolute Gasteiger partial charge is 0.408 e. The fourth-order valence-corrected chi connectivity index (χ4v) is 4.51. The van der Waals surface area contributed by atoms with E-state index in [4.69, 9.17) is 14.9 Å². The number of carbonyl (C=O) groups is 4. The van der Waals surface area contributed by atoms with Gasteiger partial charge >= 0.3 is 6.09 Å². The van der Waals surface area contributed by atoms with Gasteiger partial charge in [0, 0.05) is 6.54 Å². The topological polar surface area (TPSA) is 157 Å². The van der Waals surface area contributed by atoms with E-state index >= 15 is 0 Å². The number of likely N-dealkylation sites (tertiary alicyclic amines) is 1.